The fourth-order valence-corrected chi connectivity index (χ4v) is 2.60. The molecule has 0 radical (unpaired) electrons. The largest absolute Gasteiger partial charge is 0.398 e. The second kappa shape index (κ2) is 5.81. The topological polar surface area (TPSA) is 49.8 Å². The molecule has 0 amide bonds. The normalized spacial score (nSPS) is 10.4. The maximum atomic E-state index is 8.81. The van der Waals surface area contributed by atoms with E-state index in [2.05, 4.69) is 44.2 Å². The minimum Gasteiger partial charge on any atom is -0.398 e. The van der Waals surface area contributed by atoms with Crippen LogP contribution in [0, 0.1) is 11.3 Å². The SMILES string of the molecule is CC(C)c1ccc(Sc2ccc(C#N)cc2N)cc1. The van der Waals surface area contributed by atoms with Crippen LogP contribution in [0.25, 0.3) is 0 Å². The Morgan fingerprint density at radius 3 is 2.32 bits per heavy atom. The van der Waals surface area contributed by atoms with Crippen molar-refractivity contribution in [3.8, 4) is 6.07 Å². The molecule has 2 nitrogen and oxygen atoms in total. The predicted molar refractivity (Wildman–Crippen MR) is 80.2 cm³/mol. The third-order valence-electron chi connectivity index (χ3n) is 2.91. The van der Waals surface area contributed by atoms with Crippen LogP contribution < -0.4 is 5.73 Å². The number of nitriles is 1. The summed E-state index contributed by atoms with van der Waals surface area (Å²) in [5, 5.41) is 8.81. The summed E-state index contributed by atoms with van der Waals surface area (Å²) in [6.07, 6.45) is 0. The molecule has 0 atom stereocenters. The molecule has 0 aliphatic carbocycles. The number of rotatable bonds is 3. The highest BCUT2D eigenvalue weighted by atomic mass is 32.2. The Bertz CT molecular complexity index is 610. The standard InChI is InChI=1S/C16H16N2S/c1-11(2)13-4-6-14(7-5-13)19-16-8-3-12(10-17)9-15(16)18/h3-9,11H,18H2,1-2H3. The van der Waals surface area contributed by atoms with E-state index in [1.165, 1.54) is 5.56 Å². The summed E-state index contributed by atoms with van der Waals surface area (Å²) in [5.41, 5.74) is 8.53. The van der Waals surface area contributed by atoms with Crippen LogP contribution in [0.15, 0.2) is 52.3 Å². The van der Waals surface area contributed by atoms with E-state index in [4.69, 9.17) is 11.0 Å². The van der Waals surface area contributed by atoms with Gasteiger partial charge in [0.05, 0.1) is 11.6 Å². The van der Waals surface area contributed by atoms with Gasteiger partial charge in [-0.3, -0.25) is 0 Å². The molecule has 3 heteroatoms. The van der Waals surface area contributed by atoms with Gasteiger partial charge < -0.3 is 5.73 Å². The van der Waals surface area contributed by atoms with Crippen molar-refractivity contribution in [3.05, 3.63) is 53.6 Å². The summed E-state index contributed by atoms with van der Waals surface area (Å²) >= 11 is 1.62. The number of nitrogen functional groups attached to an aromatic ring is 1. The maximum Gasteiger partial charge on any atom is 0.0992 e. The highest BCUT2D eigenvalue weighted by Crippen LogP contribution is 2.33. The first-order valence-electron chi connectivity index (χ1n) is 6.17. The zero-order chi connectivity index (χ0) is 13.8. The summed E-state index contributed by atoms with van der Waals surface area (Å²) in [5.74, 6) is 0.541. The molecule has 0 saturated carbocycles. The van der Waals surface area contributed by atoms with E-state index in [-0.39, 0.29) is 0 Å². The van der Waals surface area contributed by atoms with Crippen LogP contribution in [0.1, 0.15) is 30.9 Å². The second-order valence-corrected chi connectivity index (χ2v) is 5.81. The van der Waals surface area contributed by atoms with E-state index in [1.807, 2.05) is 6.07 Å². The minimum absolute atomic E-state index is 0.541. The van der Waals surface area contributed by atoms with Crippen LogP contribution in [0.2, 0.25) is 0 Å². The van der Waals surface area contributed by atoms with Gasteiger partial charge in [0, 0.05) is 15.5 Å². The number of hydrogen-bond donors (Lipinski definition) is 1. The van der Waals surface area contributed by atoms with Gasteiger partial charge in [-0.1, -0.05) is 37.7 Å². The molecule has 2 aromatic rings. The maximum absolute atomic E-state index is 8.81. The van der Waals surface area contributed by atoms with Crippen molar-refractivity contribution in [1.29, 1.82) is 5.26 Å². The Labute approximate surface area is 118 Å². The summed E-state index contributed by atoms with van der Waals surface area (Å²) in [7, 11) is 0. The first kappa shape index (κ1) is 13.5. The van der Waals surface area contributed by atoms with Crippen LogP contribution >= 0.6 is 11.8 Å². The number of hydrogen-bond acceptors (Lipinski definition) is 3. The van der Waals surface area contributed by atoms with Crippen molar-refractivity contribution in [2.75, 3.05) is 5.73 Å². The van der Waals surface area contributed by atoms with Gasteiger partial charge in [-0.05, 0) is 41.8 Å². The molecule has 0 aliphatic rings. The third kappa shape index (κ3) is 3.30. The first-order chi connectivity index (χ1) is 9.10. The van der Waals surface area contributed by atoms with Crippen LogP contribution in [-0.2, 0) is 0 Å². The molecule has 0 aliphatic heterocycles. The molecule has 0 unspecified atom stereocenters. The van der Waals surface area contributed by atoms with Gasteiger partial charge in [-0.2, -0.15) is 5.26 Å². The van der Waals surface area contributed by atoms with Crippen LogP contribution in [0.5, 0.6) is 0 Å². The van der Waals surface area contributed by atoms with Crippen LogP contribution in [0.4, 0.5) is 5.69 Å². The lowest BCUT2D eigenvalue weighted by Gasteiger charge is -2.08. The molecule has 2 N–H and O–H groups in total. The van der Waals surface area contributed by atoms with E-state index in [0.29, 0.717) is 17.2 Å². The highest BCUT2D eigenvalue weighted by Gasteiger charge is 2.04. The van der Waals surface area contributed by atoms with Crippen molar-refractivity contribution in [3.63, 3.8) is 0 Å². The zero-order valence-electron chi connectivity index (χ0n) is 11.1. The molecule has 0 heterocycles. The van der Waals surface area contributed by atoms with Crippen molar-refractivity contribution in [1.82, 2.24) is 0 Å². The number of nitrogens with two attached hydrogens (primary N) is 1. The predicted octanol–water partition coefficient (Wildman–Crippen LogP) is 4.42. The van der Waals surface area contributed by atoms with Gasteiger partial charge in [-0.15, -0.1) is 0 Å². The number of nitrogens with zero attached hydrogens (tertiary/aromatic N) is 1. The first-order valence-corrected chi connectivity index (χ1v) is 6.99. The molecule has 0 bridgehead atoms. The van der Waals surface area contributed by atoms with Gasteiger partial charge in [-0.25, -0.2) is 0 Å². The van der Waals surface area contributed by atoms with E-state index < -0.39 is 0 Å². The molecular weight excluding hydrogens is 252 g/mol. The monoisotopic (exact) mass is 268 g/mol. The Morgan fingerprint density at radius 1 is 1.11 bits per heavy atom. The van der Waals surface area contributed by atoms with Crippen LogP contribution in [-0.4, -0.2) is 0 Å². The van der Waals surface area contributed by atoms with Gasteiger partial charge in [0.1, 0.15) is 0 Å². The smallest absolute Gasteiger partial charge is 0.0992 e. The summed E-state index contributed by atoms with van der Waals surface area (Å²) in [4.78, 5) is 2.14. The molecule has 0 aromatic heterocycles. The van der Waals surface area contributed by atoms with Gasteiger partial charge in [0.15, 0.2) is 0 Å². The Morgan fingerprint density at radius 2 is 1.79 bits per heavy atom. The average Bonchev–Trinajstić information content (AvgIpc) is 2.41. The lowest BCUT2D eigenvalue weighted by atomic mass is 10.0. The number of anilines is 1. The van der Waals surface area contributed by atoms with Gasteiger partial charge >= 0.3 is 0 Å². The van der Waals surface area contributed by atoms with Crippen molar-refractivity contribution < 1.29 is 0 Å². The summed E-state index contributed by atoms with van der Waals surface area (Å²) < 4.78 is 0. The Hall–Kier alpha value is -1.92. The van der Waals surface area contributed by atoms with E-state index in [9.17, 15) is 0 Å². The molecule has 2 rings (SSSR count). The molecule has 0 saturated heterocycles. The zero-order valence-corrected chi connectivity index (χ0v) is 11.9. The molecule has 19 heavy (non-hydrogen) atoms. The summed E-state index contributed by atoms with van der Waals surface area (Å²) in [6.45, 7) is 4.36. The number of benzene rings is 2. The van der Waals surface area contributed by atoms with E-state index in [1.54, 1.807) is 23.9 Å². The van der Waals surface area contributed by atoms with E-state index in [0.717, 1.165) is 9.79 Å². The third-order valence-corrected chi connectivity index (χ3v) is 4.01. The molecular formula is C16H16N2S. The highest BCUT2D eigenvalue weighted by molar-refractivity contribution is 7.99. The Balaban J connectivity index is 2.19. The van der Waals surface area contributed by atoms with Gasteiger partial charge in [0.25, 0.3) is 0 Å². The second-order valence-electron chi connectivity index (χ2n) is 4.69. The van der Waals surface area contributed by atoms with Crippen molar-refractivity contribution in [2.24, 2.45) is 0 Å². The fraction of sp³-hybridized carbons (Fsp3) is 0.188. The van der Waals surface area contributed by atoms with Gasteiger partial charge in [0.2, 0.25) is 0 Å². The average molecular weight is 268 g/mol. The lowest BCUT2D eigenvalue weighted by molar-refractivity contribution is 0.865. The minimum atomic E-state index is 0.541. The lowest BCUT2D eigenvalue weighted by Crippen LogP contribution is -1.90. The fourth-order valence-electron chi connectivity index (χ4n) is 1.76. The Kier molecular flexibility index (Phi) is 4.13. The van der Waals surface area contributed by atoms with Crippen LogP contribution in [0.3, 0.4) is 0 Å². The molecule has 96 valence electrons. The van der Waals surface area contributed by atoms with E-state index >= 15 is 0 Å². The van der Waals surface area contributed by atoms with Crippen molar-refractivity contribution in [2.45, 2.75) is 29.6 Å². The molecule has 0 spiro atoms. The van der Waals surface area contributed by atoms with Crippen molar-refractivity contribution >= 4 is 17.4 Å². The molecule has 0 fully saturated rings. The molecule has 2 aromatic carbocycles. The quantitative estimate of drug-likeness (QED) is 0.838. The summed E-state index contributed by atoms with van der Waals surface area (Å²) in [6, 6.07) is 16.0.